The van der Waals surface area contributed by atoms with Crippen LogP contribution in [0.4, 0.5) is 5.69 Å². The fraction of sp³-hybridized carbons (Fsp3) is 0.550. The lowest BCUT2D eigenvalue weighted by atomic mass is 10.0. The molecule has 146 valence electrons. The maximum absolute atomic E-state index is 13.1. The summed E-state index contributed by atoms with van der Waals surface area (Å²) in [6, 6.07) is 7.30. The Morgan fingerprint density at radius 3 is 2.78 bits per heavy atom. The first kappa shape index (κ1) is 19.4. The van der Waals surface area contributed by atoms with E-state index in [2.05, 4.69) is 5.32 Å². The lowest BCUT2D eigenvalue weighted by molar-refractivity contribution is -0.121. The Bertz CT molecular complexity index is 706. The number of hydrogen-bond acceptors (Lipinski definition) is 4. The highest BCUT2D eigenvalue weighted by Gasteiger charge is 2.29. The van der Waals surface area contributed by atoms with Gasteiger partial charge in [0.25, 0.3) is 5.91 Å². The van der Waals surface area contributed by atoms with Gasteiger partial charge in [-0.1, -0.05) is 6.07 Å². The smallest absolute Gasteiger partial charge is 0.254 e. The summed E-state index contributed by atoms with van der Waals surface area (Å²) in [6.07, 6.45) is 4.60. The highest BCUT2D eigenvalue weighted by molar-refractivity contribution is 5.99. The summed E-state index contributed by atoms with van der Waals surface area (Å²) in [5.41, 5.74) is 6.79. The fourth-order valence-electron chi connectivity index (χ4n) is 3.83. The molecule has 0 radical (unpaired) electrons. The Morgan fingerprint density at radius 2 is 2.04 bits per heavy atom. The Labute approximate surface area is 159 Å². The van der Waals surface area contributed by atoms with Gasteiger partial charge in [-0.2, -0.15) is 0 Å². The third kappa shape index (κ3) is 4.66. The second kappa shape index (κ2) is 8.99. The molecule has 2 fully saturated rings. The number of piperidine rings is 1. The van der Waals surface area contributed by atoms with Gasteiger partial charge in [0, 0.05) is 56.3 Å². The molecule has 3 rings (SSSR count). The van der Waals surface area contributed by atoms with E-state index in [-0.39, 0.29) is 23.8 Å². The molecule has 0 aliphatic carbocycles. The number of carbonyl (C=O) groups is 3. The average Bonchev–Trinajstić information content (AvgIpc) is 3.12. The van der Waals surface area contributed by atoms with Crippen molar-refractivity contribution in [3.63, 3.8) is 0 Å². The van der Waals surface area contributed by atoms with E-state index in [1.807, 2.05) is 23.1 Å². The normalized spacial score (nSPS) is 20.0. The van der Waals surface area contributed by atoms with Gasteiger partial charge in [0.15, 0.2) is 0 Å². The number of amides is 3. The molecule has 0 aromatic heterocycles. The van der Waals surface area contributed by atoms with Crippen LogP contribution in [0, 0.1) is 0 Å². The number of hydrogen-bond donors (Lipinski definition) is 2. The largest absolute Gasteiger partial charge is 0.354 e. The predicted molar refractivity (Wildman–Crippen MR) is 103 cm³/mol. The molecule has 0 saturated carbocycles. The Morgan fingerprint density at radius 1 is 1.19 bits per heavy atom. The first-order valence-corrected chi connectivity index (χ1v) is 9.78. The summed E-state index contributed by atoms with van der Waals surface area (Å²) in [5, 5.41) is 2.89. The van der Waals surface area contributed by atoms with Crippen molar-refractivity contribution in [3.8, 4) is 0 Å². The van der Waals surface area contributed by atoms with E-state index in [1.54, 1.807) is 11.0 Å². The average molecular weight is 372 g/mol. The molecule has 0 bridgehead atoms. The third-order valence-corrected chi connectivity index (χ3v) is 5.27. The third-order valence-electron chi connectivity index (χ3n) is 5.27. The minimum atomic E-state index is -0.0787. The summed E-state index contributed by atoms with van der Waals surface area (Å²) in [6.45, 7) is 2.16. The first-order chi connectivity index (χ1) is 13.1. The number of nitrogens with zero attached hydrogens (tertiary/aromatic N) is 2. The molecule has 1 aromatic rings. The fourth-order valence-corrected chi connectivity index (χ4v) is 3.83. The minimum absolute atomic E-state index is 0.00921. The maximum Gasteiger partial charge on any atom is 0.254 e. The van der Waals surface area contributed by atoms with Crippen molar-refractivity contribution in [2.45, 2.75) is 44.6 Å². The van der Waals surface area contributed by atoms with Gasteiger partial charge >= 0.3 is 0 Å². The number of benzene rings is 1. The Hall–Kier alpha value is -2.41. The van der Waals surface area contributed by atoms with Crippen molar-refractivity contribution in [1.82, 2.24) is 10.2 Å². The molecule has 2 aliphatic heterocycles. The molecule has 1 unspecified atom stereocenters. The van der Waals surface area contributed by atoms with Crippen molar-refractivity contribution >= 4 is 23.4 Å². The first-order valence-electron chi connectivity index (χ1n) is 9.78. The number of rotatable bonds is 6. The van der Waals surface area contributed by atoms with Crippen molar-refractivity contribution in [3.05, 3.63) is 29.8 Å². The van der Waals surface area contributed by atoms with Crippen molar-refractivity contribution in [2.24, 2.45) is 5.73 Å². The predicted octanol–water partition coefficient (Wildman–Crippen LogP) is 1.27. The van der Waals surface area contributed by atoms with Crippen molar-refractivity contribution in [1.29, 1.82) is 0 Å². The number of carbonyl (C=O) groups excluding carboxylic acids is 3. The van der Waals surface area contributed by atoms with Gasteiger partial charge in [0.2, 0.25) is 11.8 Å². The second-order valence-corrected chi connectivity index (χ2v) is 7.19. The van der Waals surface area contributed by atoms with Gasteiger partial charge in [0.1, 0.15) is 0 Å². The summed E-state index contributed by atoms with van der Waals surface area (Å²) in [5.74, 6) is -0.00986. The molecule has 2 aliphatic rings. The van der Waals surface area contributed by atoms with Crippen LogP contribution in [0.5, 0.6) is 0 Å². The van der Waals surface area contributed by atoms with Crippen LogP contribution in [0.15, 0.2) is 24.3 Å². The molecule has 3 amide bonds. The van der Waals surface area contributed by atoms with Gasteiger partial charge in [-0.05, 0) is 43.9 Å². The molecular formula is C20H28N4O3. The minimum Gasteiger partial charge on any atom is -0.354 e. The molecule has 7 heteroatoms. The van der Waals surface area contributed by atoms with E-state index >= 15 is 0 Å². The van der Waals surface area contributed by atoms with Crippen LogP contribution in [0.1, 0.15) is 48.9 Å². The number of nitrogens with one attached hydrogen (secondary N) is 1. The van der Waals surface area contributed by atoms with E-state index in [4.69, 9.17) is 5.73 Å². The van der Waals surface area contributed by atoms with Crippen LogP contribution in [0.25, 0.3) is 0 Å². The zero-order valence-electron chi connectivity index (χ0n) is 15.7. The second-order valence-electron chi connectivity index (χ2n) is 7.19. The van der Waals surface area contributed by atoms with Crippen LogP contribution in [0.2, 0.25) is 0 Å². The van der Waals surface area contributed by atoms with E-state index < -0.39 is 0 Å². The molecule has 2 saturated heterocycles. The van der Waals surface area contributed by atoms with Gasteiger partial charge in [-0.15, -0.1) is 0 Å². The lowest BCUT2D eigenvalue weighted by Crippen LogP contribution is -2.49. The van der Waals surface area contributed by atoms with Gasteiger partial charge < -0.3 is 20.9 Å². The van der Waals surface area contributed by atoms with Gasteiger partial charge in [0.05, 0.1) is 0 Å². The maximum atomic E-state index is 13.1. The van der Waals surface area contributed by atoms with Crippen LogP contribution in [-0.4, -0.2) is 54.8 Å². The molecule has 7 nitrogen and oxygen atoms in total. The van der Waals surface area contributed by atoms with Gasteiger partial charge in [-0.3, -0.25) is 14.4 Å². The number of likely N-dealkylation sites (tertiary alicyclic amines) is 1. The molecule has 3 N–H and O–H groups in total. The van der Waals surface area contributed by atoms with E-state index in [0.29, 0.717) is 44.6 Å². The van der Waals surface area contributed by atoms with E-state index in [0.717, 1.165) is 31.4 Å². The standard InChI is InChI=1S/C20H28N4O3/c21-10-9-18(25)22-14-17-6-1-2-11-24(17)20(27)15-5-3-7-16(13-15)23-12-4-8-19(23)26/h3,5,7,13,17H,1-2,4,6,8-12,14,21H2,(H,22,25). The zero-order valence-corrected chi connectivity index (χ0v) is 15.7. The molecule has 1 atom stereocenters. The Balaban J connectivity index is 1.70. The molecule has 2 heterocycles. The van der Waals surface area contributed by atoms with Gasteiger partial charge in [-0.25, -0.2) is 0 Å². The molecule has 1 aromatic carbocycles. The summed E-state index contributed by atoms with van der Waals surface area (Å²) in [4.78, 5) is 40.4. The topological polar surface area (TPSA) is 95.7 Å². The van der Waals surface area contributed by atoms with Crippen LogP contribution < -0.4 is 16.0 Å². The van der Waals surface area contributed by atoms with Crippen LogP contribution in [0.3, 0.4) is 0 Å². The summed E-state index contributed by atoms with van der Waals surface area (Å²) >= 11 is 0. The van der Waals surface area contributed by atoms with E-state index in [9.17, 15) is 14.4 Å². The highest BCUT2D eigenvalue weighted by atomic mass is 16.2. The van der Waals surface area contributed by atoms with E-state index in [1.165, 1.54) is 0 Å². The number of nitrogens with two attached hydrogens (primary N) is 1. The lowest BCUT2D eigenvalue weighted by Gasteiger charge is -2.36. The van der Waals surface area contributed by atoms with Crippen molar-refractivity contribution in [2.75, 3.05) is 31.1 Å². The number of anilines is 1. The quantitative estimate of drug-likeness (QED) is 0.786. The van der Waals surface area contributed by atoms with Crippen molar-refractivity contribution < 1.29 is 14.4 Å². The SMILES string of the molecule is NCCC(=O)NCC1CCCCN1C(=O)c1cccc(N2CCCC2=O)c1. The van der Waals surface area contributed by atoms with Crippen LogP contribution >= 0.6 is 0 Å². The monoisotopic (exact) mass is 372 g/mol. The molecular weight excluding hydrogens is 344 g/mol. The summed E-state index contributed by atoms with van der Waals surface area (Å²) < 4.78 is 0. The van der Waals surface area contributed by atoms with Crippen LogP contribution in [-0.2, 0) is 9.59 Å². The molecule has 0 spiro atoms. The summed E-state index contributed by atoms with van der Waals surface area (Å²) in [7, 11) is 0. The molecule has 27 heavy (non-hydrogen) atoms. The zero-order chi connectivity index (χ0) is 19.2. The highest BCUT2D eigenvalue weighted by Crippen LogP contribution is 2.25. The Kier molecular flexibility index (Phi) is 6.45.